The molecule has 2 rings (SSSR count). The van der Waals surface area contributed by atoms with Crippen LogP contribution in [0.4, 0.5) is 11.4 Å². The molecular weight excluding hydrogens is 286 g/mol. The molecule has 0 saturated carbocycles. The molecule has 0 atom stereocenters. The fraction of sp³-hybridized carbons (Fsp3) is 0.200. The quantitative estimate of drug-likeness (QED) is 0.692. The monoisotopic (exact) mass is 301 g/mol. The van der Waals surface area contributed by atoms with E-state index in [1.807, 2.05) is 13.0 Å². The van der Waals surface area contributed by atoms with Gasteiger partial charge < -0.3 is 10.1 Å². The van der Waals surface area contributed by atoms with Crippen molar-refractivity contribution >= 4 is 17.3 Å². The molecule has 0 unspecified atom stereocenters. The first-order chi connectivity index (χ1) is 10.4. The second-order valence-electron chi connectivity index (χ2n) is 4.77. The molecule has 1 aromatic heterocycles. The summed E-state index contributed by atoms with van der Waals surface area (Å²) in [5.74, 6) is -0.117. The Balaban J connectivity index is 2.34. The molecule has 7 heteroatoms. The lowest BCUT2D eigenvalue weighted by atomic mass is 10.2. The summed E-state index contributed by atoms with van der Waals surface area (Å²) >= 11 is 0. The van der Waals surface area contributed by atoms with E-state index in [-0.39, 0.29) is 17.1 Å². The number of carbonyl (C=O) groups is 1. The highest BCUT2D eigenvalue weighted by molar-refractivity contribution is 6.04. The number of nitro groups is 1. The molecule has 0 aliphatic heterocycles. The van der Waals surface area contributed by atoms with Gasteiger partial charge in [0, 0.05) is 17.8 Å². The first-order valence-corrected chi connectivity index (χ1v) is 6.50. The first-order valence-electron chi connectivity index (χ1n) is 6.50. The number of carbonyl (C=O) groups excluding carboxylic acids is 1. The predicted molar refractivity (Wildman–Crippen MR) is 81.3 cm³/mol. The lowest BCUT2D eigenvalue weighted by molar-refractivity contribution is -0.384. The van der Waals surface area contributed by atoms with Gasteiger partial charge in [0.1, 0.15) is 11.4 Å². The smallest absolute Gasteiger partial charge is 0.274 e. The van der Waals surface area contributed by atoms with Gasteiger partial charge in [-0.2, -0.15) is 0 Å². The fourth-order valence-corrected chi connectivity index (χ4v) is 2.05. The number of aryl methyl sites for hydroxylation is 2. The standard InChI is InChI=1S/C15H15N3O4/c1-9-6-10(2)16-13(7-9)15(19)17-12-8-11(18(20)21)4-5-14(12)22-3/h4-8H,1-3H3,(H,17,19). The molecule has 1 aromatic carbocycles. The van der Waals surface area contributed by atoms with Crippen LogP contribution in [-0.2, 0) is 0 Å². The Labute approximate surface area is 127 Å². The second-order valence-corrected chi connectivity index (χ2v) is 4.77. The molecule has 22 heavy (non-hydrogen) atoms. The van der Waals surface area contributed by atoms with Gasteiger partial charge in [0.05, 0.1) is 17.7 Å². The van der Waals surface area contributed by atoms with Crippen molar-refractivity contribution in [2.24, 2.45) is 0 Å². The van der Waals surface area contributed by atoms with Gasteiger partial charge >= 0.3 is 0 Å². The summed E-state index contributed by atoms with van der Waals surface area (Å²) < 4.78 is 5.11. The molecule has 0 radical (unpaired) electrons. The Morgan fingerprint density at radius 2 is 2.00 bits per heavy atom. The number of pyridine rings is 1. The molecule has 1 heterocycles. The third-order valence-electron chi connectivity index (χ3n) is 2.97. The van der Waals surface area contributed by atoms with Crippen LogP contribution in [0, 0.1) is 24.0 Å². The van der Waals surface area contributed by atoms with Gasteiger partial charge in [-0.05, 0) is 37.6 Å². The molecule has 2 aromatic rings. The van der Waals surface area contributed by atoms with Crippen LogP contribution in [0.1, 0.15) is 21.7 Å². The van der Waals surface area contributed by atoms with E-state index in [1.165, 1.54) is 25.3 Å². The number of rotatable bonds is 4. The highest BCUT2D eigenvalue weighted by Crippen LogP contribution is 2.29. The Morgan fingerprint density at radius 1 is 1.27 bits per heavy atom. The van der Waals surface area contributed by atoms with Gasteiger partial charge in [0.15, 0.2) is 0 Å². The fourth-order valence-electron chi connectivity index (χ4n) is 2.05. The summed E-state index contributed by atoms with van der Waals surface area (Å²) in [5.41, 5.74) is 1.96. The van der Waals surface area contributed by atoms with Crippen LogP contribution in [0.25, 0.3) is 0 Å². The van der Waals surface area contributed by atoms with E-state index in [2.05, 4.69) is 10.3 Å². The number of ether oxygens (including phenoxy) is 1. The Bertz CT molecular complexity index is 723. The summed E-state index contributed by atoms with van der Waals surface area (Å²) in [7, 11) is 1.42. The van der Waals surface area contributed by atoms with Crippen LogP contribution in [-0.4, -0.2) is 22.9 Å². The maximum Gasteiger partial charge on any atom is 0.274 e. The van der Waals surface area contributed by atoms with Gasteiger partial charge in [-0.25, -0.2) is 4.98 Å². The molecule has 0 bridgehead atoms. The number of hydrogen-bond acceptors (Lipinski definition) is 5. The summed E-state index contributed by atoms with van der Waals surface area (Å²) in [6.45, 7) is 3.65. The van der Waals surface area contributed by atoms with Crippen LogP contribution in [0.3, 0.4) is 0 Å². The summed E-state index contributed by atoms with van der Waals surface area (Å²) in [6.07, 6.45) is 0. The number of nitrogens with zero attached hydrogens (tertiary/aromatic N) is 2. The number of nitrogens with one attached hydrogen (secondary N) is 1. The van der Waals surface area contributed by atoms with E-state index in [4.69, 9.17) is 4.74 Å². The first kappa shape index (κ1) is 15.4. The zero-order chi connectivity index (χ0) is 16.3. The zero-order valence-corrected chi connectivity index (χ0v) is 12.4. The molecule has 1 amide bonds. The summed E-state index contributed by atoms with van der Waals surface area (Å²) in [4.78, 5) is 26.7. The minimum absolute atomic E-state index is 0.135. The van der Waals surface area contributed by atoms with Crippen LogP contribution in [0.5, 0.6) is 5.75 Å². The lowest BCUT2D eigenvalue weighted by Crippen LogP contribution is -2.15. The van der Waals surface area contributed by atoms with E-state index >= 15 is 0 Å². The maximum atomic E-state index is 12.3. The molecule has 0 fully saturated rings. The third kappa shape index (κ3) is 3.38. The predicted octanol–water partition coefficient (Wildman–Crippen LogP) is 2.87. The number of aromatic nitrogens is 1. The second kappa shape index (κ2) is 6.21. The van der Waals surface area contributed by atoms with Crippen LogP contribution >= 0.6 is 0 Å². The SMILES string of the molecule is COc1ccc([N+](=O)[O-])cc1NC(=O)c1cc(C)cc(C)n1. The van der Waals surface area contributed by atoms with Gasteiger partial charge in [-0.3, -0.25) is 14.9 Å². The Morgan fingerprint density at radius 3 is 2.59 bits per heavy atom. The van der Waals surface area contributed by atoms with Crippen molar-refractivity contribution in [2.75, 3.05) is 12.4 Å². The summed E-state index contributed by atoms with van der Waals surface area (Å²) in [6, 6.07) is 7.49. The normalized spacial score (nSPS) is 10.1. The van der Waals surface area contributed by atoms with E-state index in [1.54, 1.807) is 13.0 Å². The van der Waals surface area contributed by atoms with Crippen molar-refractivity contribution in [3.8, 4) is 5.75 Å². The average molecular weight is 301 g/mol. The number of nitro benzene ring substituents is 1. The number of non-ortho nitro benzene ring substituents is 1. The molecule has 0 aliphatic carbocycles. The minimum atomic E-state index is -0.538. The van der Waals surface area contributed by atoms with Crippen molar-refractivity contribution in [3.63, 3.8) is 0 Å². The van der Waals surface area contributed by atoms with Gasteiger partial charge in [-0.15, -0.1) is 0 Å². The molecular formula is C15H15N3O4. The molecule has 0 saturated heterocycles. The van der Waals surface area contributed by atoms with Crippen LogP contribution in [0.2, 0.25) is 0 Å². The van der Waals surface area contributed by atoms with Crippen molar-refractivity contribution in [1.82, 2.24) is 4.98 Å². The van der Waals surface area contributed by atoms with E-state index < -0.39 is 10.8 Å². The Kier molecular flexibility index (Phi) is 4.36. The van der Waals surface area contributed by atoms with Crippen LogP contribution < -0.4 is 10.1 Å². The van der Waals surface area contributed by atoms with E-state index in [9.17, 15) is 14.9 Å². The average Bonchev–Trinajstić information content (AvgIpc) is 2.46. The zero-order valence-electron chi connectivity index (χ0n) is 12.4. The van der Waals surface area contributed by atoms with Crippen molar-refractivity contribution in [3.05, 3.63) is 57.4 Å². The molecule has 114 valence electrons. The summed E-state index contributed by atoms with van der Waals surface area (Å²) in [5, 5.41) is 13.4. The van der Waals surface area contributed by atoms with Gasteiger partial charge in [0.25, 0.3) is 11.6 Å². The van der Waals surface area contributed by atoms with Crippen LogP contribution in [0.15, 0.2) is 30.3 Å². The maximum absolute atomic E-state index is 12.3. The molecule has 7 nitrogen and oxygen atoms in total. The van der Waals surface area contributed by atoms with Crippen molar-refractivity contribution in [2.45, 2.75) is 13.8 Å². The van der Waals surface area contributed by atoms with E-state index in [0.717, 1.165) is 11.3 Å². The number of amides is 1. The number of benzene rings is 1. The molecule has 1 N–H and O–H groups in total. The topological polar surface area (TPSA) is 94.4 Å². The highest BCUT2D eigenvalue weighted by Gasteiger charge is 2.15. The van der Waals surface area contributed by atoms with Gasteiger partial charge in [0.2, 0.25) is 0 Å². The largest absolute Gasteiger partial charge is 0.495 e. The number of anilines is 1. The number of methoxy groups -OCH3 is 1. The van der Waals surface area contributed by atoms with E-state index in [0.29, 0.717) is 5.75 Å². The highest BCUT2D eigenvalue weighted by atomic mass is 16.6. The Hall–Kier alpha value is -2.96. The molecule has 0 aliphatic rings. The number of hydrogen-bond donors (Lipinski definition) is 1. The molecule has 0 spiro atoms. The lowest BCUT2D eigenvalue weighted by Gasteiger charge is -2.10. The van der Waals surface area contributed by atoms with Gasteiger partial charge in [-0.1, -0.05) is 0 Å². The third-order valence-corrected chi connectivity index (χ3v) is 2.97. The minimum Gasteiger partial charge on any atom is -0.495 e. The van der Waals surface area contributed by atoms with Crippen molar-refractivity contribution < 1.29 is 14.5 Å². The van der Waals surface area contributed by atoms with Crippen molar-refractivity contribution in [1.29, 1.82) is 0 Å².